The van der Waals surface area contributed by atoms with Crippen LogP contribution in [0.4, 0.5) is 0 Å². The van der Waals surface area contributed by atoms with Crippen molar-refractivity contribution in [3.8, 4) is 90.2 Å². The second-order valence-corrected chi connectivity index (χ2v) is 32.3. The lowest BCUT2D eigenvalue weighted by atomic mass is 10.0. The molecule has 0 fully saturated rings. The van der Waals surface area contributed by atoms with Gasteiger partial charge in [0.2, 0.25) is 5.95 Å². The zero-order valence-corrected chi connectivity index (χ0v) is 67.9. The summed E-state index contributed by atoms with van der Waals surface area (Å²) in [7, 11) is 0. The van der Waals surface area contributed by atoms with Crippen molar-refractivity contribution < 1.29 is 0 Å². The van der Waals surface area contributed by atoms with Crippen LogP contribution in [0.5, 0.6) is 0 Å². The summed E-state index contributed by atoms with van der Waals surface area (Å²) in [6.45, 7) is 0. The highest BCUT2D eigenvalue weighted by molar-refractivity contribution is 6.16. The van der Waals surface area contributed by atoms with Gasteiger partial charge in [-0.3, -0.25) is 23.0 Å². The molecule has 26 aromatic rings. The number of hydrogen-bond acceptors (Lipinski definition) is 4. The molecule has 590 valence electrons. The van der Waals surface area contributed by atoms with E-state index in [2.05, 4.69) is 331 Å². The molecule has 0 aliphatic heterocycles. The van der Waals surface area contributed by atoms with Crippen molar-refractivity contribution in [2.45, 2.75) is 0 Å². The first kappa shape index (κ1) is 71.7. The van der Waals surface area contributed by atoms with E-state index in [-0.39, 0.29) is 11.1 Å². The van der Waals surface area contributed by atoms with Gasteiger partial charge in [0.05, 0.1) is 94.2 Å². The number of benzene rings is 17. The van der Waals surface area contributed by atoms with Crippen molar-refractivity contribution >= 4 is 131 Å². The van der Waals surface area contributed by atoms with Crippen molar-refractivity contribution in [2.75, 3.05) is 0 Å². The molecule has 26 rings (SSSR count). The van der Waals surface area contributed by atoms with E-state index in [0.717, 1.165) is 139 Å². The van der Waals surface area contributed by atoms with Crippen molar-refractivity contribution in [1.29, 1.82) is 0 Å². The molecule has 0 aliphatic carbocycles. The maximum Gasteiger partial charge on any atom is 0.268 e. The first-order valence-electron chi connectivity index (χ1n) is 42.5. The fraction of sp³-hybridized carbons (Fsp3) is 0. The predicted molar refractivity (Wildman–Crippen MR) is 519 cm³/mol. The van der Waals surface area contributed by atoms with Crippen molar-refractivity contribution in [1.82, 2.24) is 46.2 Å². The highest BCUT2D eigenvalue weighted by atomic mass is 16.1. The highest BCUT2D eigenvalue weighted by Crippen LogP contribution is 2.47. The van der Waals surface area contributed by atoms with Crippen LogP contribution >= 0.6 is 0 Å². The van der Waals surface area contributed by atoms with Gasteiger partial charge in [-0.25, -0.2) is 14.5 Å². The van der Waals surface area contributed by atoms with Gasteiger partial charge in [-0.1, -0.05) is 285 Å². The molecule has 9 heterocycles. The monoisotopic (exact) mass is 1610 g/mol. The molecular weight excluding hydrogens is 1540 g/mol. The topological polar surface area (TPSA) is 98.3 Å². The summed E-state index contributed by atoms with van der Waals surface area (Å²) in [6.07, 6.45) is 4.40. The fourth-order valence-corrected chi connectivity index (χ4v) is 19.9. The van der Waals surface area contributed by atoms with Gasteiger partial charge in [-0.05, 0) is 173 Å². The summed E-state index contributed by atoms with van der Waals surface area (Å²) in [6, 6.07) is 148. The van der Waals surface area contributed by atoms with Gasteiger partial charge < -0.3 is 18.3 Å². The molecule has 17 aromatic carbocycles. The molecule has 12 heteroatoms. The second kappa shape index (κ2) is 28.7. The van der Waals surface area contributed by atoms with Gasteiger partial charge in [-0.15, -0.1) is 0 Å². The van der Waals surface area contributed by atoms with Crippen molar-refractivity contribution in [3.63, 3.8) is 0 Å². The first-order valence-corrected chi connectivity index (χ1v) is 42.5. The number of aromatic nitrogens is 10. The Bertz CT molecular complexity index is 9070. The van der Waals surface area contributed by atoms with Crippen LogP contribution < -0.4 is 11.1 Å². The van der Waals surface area contributed by atoms with E-state index in [0.29, 0.717) is 22.4 Å². The Morgan fingerprint density at radius 1 is 0.190 bits per heavy atom. The van der Waals surface area contributed by atoms with Crippen molar-refractivity contribution in [2.24, 2.45) is 0 Å². The molecule has 0 radical (unpaired) electrons. The number of hydrogen-bond donors (Lipinski definition) is 0. The largest absolute Gasteiger partial charge is 0.309 e. The normalized spacial score (nSPS) is 11.9. The molecule has 0 unspecified atom stereocenters. The van der Waals surface area contributed by atoms with Crippen molar-refractivity contribution in [3.05, 3.63) is 458 Å². The van der Waals surface area contributed by atoms with Gasteiger partial charge in [0, 0.05) is 88.9 Å². The molecular formula is C114H72N10O2. The Balaban J connectivity index is 0.000000139. The minimum Gasteiger partial charge on any atom is -0.309 e. The minimum atomic E-state index is -0.194. The molecule has 9 aromatic heterocycles. The van der Waals surface area contributed by atoms with Gasteiger partial charge in [0.25, 0.3) is 11.1 Å². The van der Waals surface area contributed by atoms with Crippen LogP contribution in [0.15, 0.2) is 447 Å². The molecule has 0 spiro atoms. The molecule has 0 saturated carbocycles. The Morgan fingerprint density at radius 2 is 0.468 bits per heavy atom. The lowest BCUT2D eigenvalue weighted by molar-refractivity contribution is 0.916. The van der Waals surface area contributed by atoms with Crippen LogP contribution in [0.2, 0.25) is 0 Å². The smallest absolute Gasteiger partial charge is 0.268 e. The molecule has 0 N–H and O–H groups in total. The third-order valence-corrected chi connectivity index (χ3v) is 25.4. The van der Waals surface area contributed by atoms with E-state index < -0.39 is 0 Å². The van der Waals surface area contributed by atoms with E-state index in [4.69, 9.17) is 9.97 Å². The Hall–Kier alpha value is -17.2. The lowest BCUT2D eigenvalue weighted by Gasteiger charge is -2.15. The zero-order valence-electron chi connectivity index (χ0n) is 67.9. The second-order valence-electron chi connectivity index (χ2n) is 32.3. The average Bonchev–Trinajstić information content (AvgIpc) is 1.53. The molecule has 0 amide bonds. The van der Waals surface area contributed by atoms with E-state index in [1.165, 1.54) is 59.9 Å². The predicted octanol–water partition coefficient (Wildman–Crippen LogP) is 27.2. The van der Waals surface area contributed by atoms with Gasteiger partial charge in [0.15, 0.2) is 0 Å². The summed E-state index contributed by atoms with van der Waals surface area (Å²) in [4.78, 5) is 40.3. The van der Waals surface area contributed by atoms with E-state index in [1.807, 2.05) is 138 Å². The number of para-hydroxylation sites is 10. The average molecular weight is 1610 g/mol. The standard InChI is InChI=1S/C61H38N6O.C53H34N4O/c68-60-47-27-13-15-29-51(47)64-38-56(57(39-18-4-1-5-19-39)59(64)67(60)61-62-50-28-14-10-26-46(50)58(63-61)40-20-6-2-7-21-40)66-53-31-17-12-25-45(53)49-37-42(33-35-55(49)66)41-32-34-54-48(36-41)44-24-11-16-30-52(44)65(54)43-22-8-3-9-23-43;58-53-42-24-12-13-25-45(42)54-34-50(51(35-16-4-1-5-17-35)52(54)56(53)39-20-8-3-9-21-39)57-47-27-15-11-23-41(47)44-33-37(29-31-49(44)57)36-28-30-48-43(32-36)40-22-10-14-26-46(40)55(48)38-18-6-2-7-19-38/h1-38H;1-34H. The maximum absolute atomic E-state index is 15.3. The third-order valence-electron chi connectivity index (χ3n) is 25.4. The van der Waals surface area contributed by atoms with E-state index in [1.54, 1.807) is 4.57 Å². The summed E-state index contributed by atoms with van der Waals surface area (Å²) in [5.74, 6) is 0.306. The highest BCUT2D eigenvalue weighted by Gasteiger charge is 2.30. The Morgan fingerprint density at radius 3 is 0.857 bits per heavy atom. The molecule has 0 bridgehead atoms. The SMILES string of the molecule is O=c1c2ccccc2n2cc(-n3c4ccccc4c4cc(-c5ccc6c(c5)c5ccccc5n6-c5ccccc5)ccc43)c(-c3ccccc3)c2n1-c1ccccc1.O=c1c2ccccc2n2cc(-n3c4ccccc4c4cc(-c5ccc6c(c5)c5ccccc5n6-c5ccccc5)ccc43)c(-c3ccccc3)c2n1-c1nc(-c2ccccc2)c2ccccc2n1. The van der Waals surface area contributed by atoms with Crippen LogP contribution in [-0.4, -0.2) is 46.2 Å². The zero-order chi connectivity index (χ0) is 83.2. The minimum absolute atomic E-state index is 0.0492. The maximum atomic E-state index is 15.3. The molecule has 0 saturated heterocycles. The third kappa shape index (κ3) is 11.1. The van der Waals surface area contributed by atoms with Crippen LogP contribution in [-0.2, 0) is 0 Å². The summed E-state index contributed by atoms with van der Waals surface area (Å²) in [5.41, 5.74) is 27.9. The number of rotatable bonds is 11. The summed E-state index contributed by atoms with van der Waals surface area (Å²) < 4.78 is 17.4. The van der Waals surface area contributed by atoms with Crippen LogP contribution in [0, 0.1) is 0 Å². The summed E-state index contributed by atoms with van der Waals surface area (Å²) >= 11 is 0. The fourth-order valence-electron chi connectivity index (χ4n) is 19.9. The first-order chi connectivity index (χ1) is 62.4. The van der Waals surface area contributed by atoms with Crippen LogP contribution in [0.25, 0.3) is 221 Å². The quantitative estimate of drug-likeness (QED) is 0.129. The van der Waals surface area contributed by atoms with Gasteiger partial charge >= 0.3 is 0 Å². The Kier molecular flexibility index (Phi) is 16.3. The van der Waals surface area contributed by atoms with Gasteiger partial charge in [-0.2, -0.15) is 0 Å². The van der Waals surface area contributed by atoms with Crippen LogP contribution in [0.3, 0.4) is 0 Å². The molecule has 0 aliphatic rings. The lowest BCUT2D eigenvalue weighted by Crippen LogP contribution is -2.23. The number of nitrogens with zero attached hydrogens (tertiary/aromatic N) is 10. The Labute approximate surface area is 720 Å². The van der Waals surface area contributed by atoms with Crippen LogP contribution in [0.1, 0.15) is 0 Å². The van der Waals surface area contributed by atoms with Gasteiger partial charge in [0.1, 0.15) is 11.3 Å². The number of fused-ring (bicyclic) bond motifs is 19. The molecule has 12 nitrogen and oxygen atoms in total. The molecule has 0 atom stereocenters. The summed E-state index contributed by atoms with van der Waals surface area (Å²) in [5, 5.41) is 11.6. The van der Waals surface area contributed by atoms with E-state index >= 15 is 4.79 Å². The molecule has 126 heavy (non-hydrogen) atoms. The van der Waals surface area contributed by atoms with E-state index in [9.17, 15) is 4.79 Å².